The minimum Gasteiger partial charge on any atom is -0.369 e. The van der Waals surface area contributed by atoms with Crippen LogP contribution in [0.15, 0.2) is 76.6 Å². The van der Waals surface area contributed by atoms with E-state index in [-0.39, 0.29) is 11.5 Å². The topological polar surface area (TPSA) is 61.7 Å². The number of hydrogen-bond donors (Lipinski definition) is 0. The van der Waals surface area contributed by atoms with Gasteiger partial charge in [-0.15, -0.1) is 0 Å². The largest absolute Gasteiger partial charge is 0.369 e. The Kier molecular flexibility index (Phi) is 5.11. The Morgan fingerprint density at radius 3 is 2.51 bits per heavy atom. The normalized spacial score (nSPS) is 23.4. The number of benzene rings is 2. The van der Waals surface area contributed by atoms with Crippen molar-refractivity contribution in [1.29, 1.82) is 0 Å². The minimum absolute atomic E-state index is 0.0154. The Hall–Kier alpha value is -3.71. The molecule has 1 amide bonds. The number of aromatic nitrogens is 2. The molecule has 7 rings (SSSR count). The molecule has 4 aliphatic rings. The summed E-state index contributed by atoms with van der Waals surface area (Å²) < 4.78 is 1.72. The zero-order valence-corrected chi connectivity index (χ0v) is 21.2. The SMILES string of the molecule is CN1CCN(c2ccc(CN3C(=O)C4(CC5=C(CCC=C5)C4)n4c3nc3ccccc3c4=O)cc2)CC1. The first-order chi connectivity index (χ1) is 18.0. The van der Waals surface area contributed by atoms with E-state index in [0.717, 1.165) is 44.6 Å². The summed E-state index contributed by atoms with van der Waals surface area (Å²) in [5.74, 6) is 0.457. The lowest BCUT2D eigenvalue weighted by molar-refractivity contribution is -0.125. The van der Waals surface area contributed by atoms with Gasteiger partial charge < -0.3 is 9.80 Å². The molecule has 1 spiro atoms. The number of amides is 1. The summed E-state index contributed by atoms with van der Waals surface area (Å²) >= 11 is 0. The molecule has 1 saturated heterocycles. The Bertz CT molecular complexity index is 1530. The van der Waals surface area contributed by atoms with Crippen LogP contribution in [0.1, 0.15) is 31.2 Å². The van der Waals surface area contributed by atoms with Gasteiger partial charge in [-0.1, -0.05) is 42.0 Å². The predicted octanol–water partition coefficient (Wildman–Crippen LogP) is 3.83. The van der Waals surface area contributed by atoms with Gasteiger partial charge in [0.15, 0.2) is 0 Å². The van der Waals surface area contributed by atoms with Gasteiger partial charge in [-0.25, -0.2) is 4.98 Å². The van der Waals surface area contributed by atoms with E-state index in [9.17, 15) is 9.59 Å². The van der Waals surface area contributed by atoms with Crippen molar-refractivity contribution < 1.29 is 4.79 Å². The third-order valence-corrected chi connectivity index (χ3v) is 8.59. The molecule has 3 heterocycles. The average Bonchev–Trinajstić information content (AvgIpc) is 3.41. The molecule has 7 heteroatoms. The molecule has 37 heavy (non-hydrogen) atoms. The average molecular weight is 494 g/mol. The molecule has 3 aromatic rings. The van der Waals surface area contributed by atoms with Crippen LogP contribution in [0.5, 0.6) is 0 Å². The number of nitrogens with zero attached hydrogens (tertiary/aromatic N) is 5. The number of fused-ring (bicyclic) bond motifs is 3. The summed E-state index contributed by atoms with van der Waals surface area (Å²) in [4.78, 5) is 39.5. The van der Waals surface area contributed by atoms with E-state index in [4.69, 9.17) is 4.98 Å². The van der Waals surface area contributed by atoms with Crippen molar-refractivity contribution in [3.8, 4) is 0 Å². The fourth-order valence-corrected chi connectivity index (χ4v) is 6.51. The molecule has 1 fully saturated rings. The van der Waals surface area contributed by atoms with Crippen molar-refractivity contribution in [3.63, 3.8) is 0 Å². The van der Waals surface area contributed by atoms with Crippen LogP contribution in [-0.2, 0) is 16.9 Å². The molecule has 1 atom stereocenters. The predicted molar refractivity (Wildman–Crippen MR) is 146 cm³/mol. The Morgan fingerprint density at radius 2 is 1.73 bits per heavy atom. The second-order valence-electron chi connectivity index (χ2n) is 10.9. The van der Waals surface area contributed by atoms with Gasteiger partial charge in [0.05, 0.1) is 17.4 Å². The van der Waals surface area contributed by atoms with E-state index in [0.29, 0.717) is 36.2 Å². The van der Waals surface area contributed by atoms with Gasteiger partial charge in [0.1, 0.15) is 5.54 Å². The van der Waals surface area contributed by atoms with Gasteiger partial charge in [-0.05, 0) is 55.3 Å². The van der Waals surface area contributed by atoms with E-state index in [1.165, 1.54) is 16.8 Å². The fourth-order valence-electron chi connectivity index (χ4n) is 6.51. The summed E-state index contributed by atoms with van der Waals surface area (Å²) in [6, 6.07) is 15.9. The summed E-state index contributed by atoms with van der Waals surface area (Å²) in [7, 11) is 2.16. The van der Waals surface area contributed by atoms with Gasteiger partial charge in [-0.3, -0.25) is 19.1 Å². The highest BCUT2D eigenvalue weighted by atomic mass is 16.2. The molecular weight excluding hydrogens is 462 g/mol. The maximum Gasteiger partial charge on any atom is 0.263 e. The second-order valence-corrected chi connectivity index (χ2v) is 10.9. The van der Waals surface area contributed by atoms with E-state index in [2.05, 4.69) is 53.3 Å². The quantitative estimate of drug-likeness (QED) is 0.555. The first-order valence-electron chi connectivity index (χ1n) is 13.3. The van der Waals surface area contributed by atoms with Crippen molar-refractivity contribution in [2.45, 2.75) is 37.8 Å². The van der Waals surface area contributed by atoms with Gasteiger partial charge in [0, 0.05) is 44.7 Å². The molecule has 0 saturated carbocycles. The van der Waals surface area contributed by atoms with Crippen LogP contribution in [0.25, 0.3) is 10.9 Å². The number of anilines is 2. The maximum atomic E-state index is 14.3. The van der Waals surface area contributed by atoms with Crippen LogP contribution in [0.4, 0.5) is 11.6 Å². The highest BCUT2D eigenvalue weighted by Gasteiger charge is 2.55. The molecule has 2 aliphatic carbocycles. The van der Waals surface area contributed by atoms with Gasteiger partial charge >= 0.3 is 0 Å². The number of rotatable bonds is 3. The number of allylic oxidation sites excluding steroid dienone is 4. The van der Waals surface area contributed by atoms with Crippen molar-refractivity contribution in [3.05, 3.63) is 87.7 Å². The van der Waals surface area contributed by atoms with E-state index >= 15 is 0 Å². The fraction of sp³-hybridized carbons (Fsp3) is 0.367. The number of carbonyl (C=O) groups excluding carboxylic acids is 1. The summed E-state index contributed by atoms with van der Waals surface area (Å²) in [5.41, 5.74) is 4.36. The molecule has 7 nitrogen and oxygen atoms in total. The zero-order valence-electron chi connectivity index (χ0n) is 21.2. The lowest BCUT2D eigenvalue weighted by atomic mass is 9.93. The number of hydrogen-bond acceptors (Lipinski definition) is 5. The van der Waals surface area contributed by atoms with Crippen LogP contribution in [0, 0.1) is 0 Å². The number of carbonyl (C=O) groups is 1. The van der Waals surface area contributed by atoms with E-state index < -0.39 is 5.54 Å². The Morgan fingerprint density at radius 1 is 0.946 bits per heavy atom. The van der Waals surface area contributed by atoms with Gasteiger partial charge in [0.2, 0.25) is 5.95 Å². The molecule has 1 unspecified atom stereocenters. The molecule has 1 aromatic heterocycles. The number of likely N-dealkylation sites (N-methyl/N-ethyl adjacent to an activating group) is 1. The molecule has 0 radical (unpaired) electrons. The summed E-state index contributed by atoms with van der Waals surface area (Å²) in [5, 5.41) is 0.567. The summed E-state index contributed by atoms with van der Waals surface area (Å²) in [6.07, 6.45) is 7.43. The van der Waals surface area contributed by atoms with E-state index in [1.807, 2.05) is 24.3 Å². The second kappa shape index (κ2) is 8.42. The first-order valence-corrected chi connectivity index (χ1v) is 13.3. The maximum absolute atomic E-state index is 14.3. The van der Waals surface area contributed by atoms with Crippen molar-refractivity contribution in [2.24, 2.45) is 0 Å². The van der Waals surface area contributed by atoms with Crippen LogP contribution in [-0.4, -0.2) is 53.6 Å². The standard InChI is InChI=1S/C30H31N5O2/c1-32-14-16-33(17-15-32)24-12-10-21(11-13-24)20-34-28(37)30(18-22-6-2-3-7-23(22)19-30)35-27(36)25-8-4-5-9-26(25)31-29(34)35/h2,4-6,8-13H,3,7,14-20H2,1H3. The van der Waals surface area contributed by atoms with Gasteiger partial charge in [-0.2, -0.15) is 0 Å². The van der Waals surface area contributed by atoms with Gasteiger partial charge in [0.25, 0.3) is 11.5 Å². The minimum atomic E-state index is -0.914. The smallest absolute Gasteiger partial charge is 0.263 e. The third-order valence-electron chi connectivity index (χ3n) is 8.59. The van der Waals surface area contributed by atoms with Crippen LogP contribution < -0.4 is 15.4 Å². The molecule has 2 aliphatic heterocycles. The van der Waals surface area contributed by atoms with Crippen molar-refractivity contribution in [1.82, 2.24) is 14.5 Å². The van der Waals surface area contributed by atoms with Crippen molar-refractivity contribution >= 4 is 28.4 Å². The lowest BCUT2D eigenvalue weighted by Gasteiger charge is -2.34. The Labute approximate surface area is 216 Å². The monoisotopic (exact) mass is 493 g/mol. The number of piperazine rings is 1. The summed E-state index contributed by atoms with van der Waals surface area (Å²) in [6.45, 7) is 4.55. The molecular formula is C30H31N5O2. The molecule has 0 bridgehead atoms. The van der Waals surface area contributed by atoms with Crippen LogP contribution in [0.2, 0.25) is 0 Å². The zero-order chi connectivity index (χ0) is 25.1. The molecule has 188 valence electrons. The van der Waals surface area contributed by atoms with Crippen molar-refractivity contribution in [2.75, 3.05) is 43.0 Å². The first kappa shape index (κ1) is 22.5. The van der Waals surface area contributed by atoms with Crippen LogP contribution >= 0.6 is 0 Å². The molecule has 2 aromatic carbocycles. The van der Waals surface area contributed by atoms with Crippen LogP contribution in [0.3, 0.4) is 0 Å². The highest BCUT2D eigenvalue weighted by molar-refractivity contribution is 6.03. The highest BCUT2D eigenvalue weighted by Crippen LogP contribution is 2.50. The number of para-hydroxylation sites is 1. The lowest BCUT2D eigenvalue weighted by Crippen LogP contribution is -2.44. The Balaban J connectivity index is 1.26. The third kappa shape index (κ3) is 3.48. The van der Waals surface area contributed by atoms with E-state index in [1.54, 1.807) is 9.47 Å². The molecule has 0 N–H and O–H groups in total.